The molecule has 1 aliphatic rings. The number of hydrogen-bond donors (Lipinski definition) is 2. The number of halogens is 2. The molecule has 0 unspecified atom stereocenters. The second-order valence-electron chi connectivity index (χ2n) is 10.2. The number of thiophene rings is 1. The number of hydrazone groups is 1. The normalized spacial score (nSPS) is 14.6. The molecule has 6 rings (SSSR count). The Morgan fingerprint density at radius 3 is 2.73 bits per heavy atom. The number of anilines is 2. The van der Waals surface area contributed by atoms with Crippen molar-refractivity contribution in [2.75, 3.05) is 36.6 Å². The van der Waals surface area contributed by atoms with E-state index in [1.807, 2.05) is 36.5 Å². The van der Waals surface area contributed by atoms with Crippen LogP contribution in [-0.2, 0) is 16.9 Å². The van der Waals surface area contributed by atoms with E-state index in [9.17, 15) is 5.11 Å². The van der Waals surface area contributed by atoms with E-state index >= 15 is 0 Å². The monoisotopic (exact) mass is 594 g/mol. The van der Waals surface area contributed by atoms with Crippen molar-refractivity contribution in [3.8, 4) is 0 Å². The number of para-hydroxylation sites is 1. The molecule has 2 N–H and O–H groups in total. The van der Waals surface area contributed by atoms with Gasteiger partial charge in [0.2, 0.25) is 5.95 Å². The van der Waals surface area contributed by atoms with Crippen molar-refractivity contribution in [1.29, 1.82) is 0 Å². The van der Waals surface area contributed by atoms with Crippen LogP contribution in [0.5, 0.6) is 0 Å². The van der Waals surface area contributed by atoms with Gasteiger partial charge in [0.25, 0.3) is 0 Å². The van der Waals surface area contributed by atoms with Crippen molar-refractivity contribution >= 4 is 73.6 Å². The van der Waals surface area contributed by atoms with Crippen LogP contribution in [0.4, 0.5) is 11.8 Å². The van der Waals surface area contributed by atoms with E-state index in [0.29, 0.717) is 35.8 Å². The predicted octanol–water partition coefficient (Wildman–Crippen LogP) is 6.51. The zero-order valence-corrected chi connectivity index (χ0v) is 24.4. The average molecular weight is 596 g/mol. The molecule has 4 heterocycles. The van der Waals surface area contributed by atoms with Crippen LogP contribution in [0, 0.1) is 0 Å². The second-order valence-corrected chi connectivity index (χ2v) is 12.0. The van der Waals surface area contributed by atoms with Crippen LogP contribution >= 0.6 is 34.5 Å². The highest BCUT2D eigenvalue weighted by Crippen LogP contribution is 2.37. The van der Waals surface area contributed by atoms with Gasteiger partial charge in [-0.25, -0.2) is 10.4 Å². The van der Waals surface area contributed by atoms with Crippen molar-refractivity contribution < 1.29 is 9.84 Å². The molecule has 1 fully saturated rings. The molecule has 8 nitrogen and oxygen atoms in total. The first-order valence-corrected chi connectivity index (χ1v) is 14.5. The molecule has 0 aliphatic carbocycles. The Labute approximate surface area is 245 Å². The molecule has 0 radical (unpaired) electrons. The SMILES string of the molecule is CC(C)(O)c1cc2nc(N/N=C/c3cn(Cc4cccc(Cl)c4Cl)c4ccccc34)nc(N3CCOCC3)c2s1. The Kier molecular flexibility index (Phi) is 7.41. The lowest BCUT2D eigenvalue weighted by Crippen LogP contribution is -2.36. The molecule has 0 bridgehead atoms. The number of fused-ring (bicyclic) bond motifs is 2. The first-order chi connectivity index (χ1) is 19.3. The van der Waals surface area contributed by atoms with Gasteiger partial charge in [0.1, 0.15) is 0 Å². The molecular weight excluding hydrogens is 567 g/mol. The number of nitrogens with one attached hydrogen (secondary N) is 1. The lowest BCUT2D eigenvalue weighted by molar-refractivity contribution is 0.0826. The number of aliphatic hydroxyl groups is 1. The fourth-order valence-electron chi connectivity index (χ4n) is 4.78. The van der Waals surface area contributed by atoms with Gasteiger partial charge in [-0.15, -0.1) is 11.3 Å². The van der Waals surface area contributed by atoms with Gasteiger partial charge in [-0.2, -0.15) is 10.1 Å². The highest BCUT2D eigenvalue weighted by atomic mass is 35.5. The molecule has 0 spiro atoms. The molecule has 11 heteroatoms. The van der Waals surface area contributed by atoms with Crippen LogP contribution in [-0.4, -0.2) is 52.2 Å². The summed E-state index contributed by atoms with van der Waals surface area (Å²) in [6.45, 7) is 6.88. The summed E-state index contributed by atoms with van der Waals surface area (Å²) in [6, 6.07) is 15.7. The Balaban J connectivity index is 1.32. The van der Waals surface area contributed by atoms with Gasteiger partial charge >= 0.3 is 0 Å². The number of hydrogen-bond acceptors (Lipinski definition) is 8. The maximum absolute atomic E-state index is 10.6. The van der Waals surface area contributed by atoms with E-state index < -0.39 is 5.60 Å². The van der Waals surface area contributed by atoms with Gasteiger partial charge in [-0.1, -0.05) is 53.5 Å². The minimum atomic E-state index is -0.969. The van der Waals surface area contributed by atoms with Crippen LogP contribution in [0.2, 0.25) is 10.0 Å². The summed E-state index contributed by atoms with van der Waals surface area (Å²) in [6.07, 6.45) is 3.82. The zero-order chi connectivity index (χ0) is 27.9. The van der Waals surface area contributed by atoms with Gasteiger partial charge in [0, 0.05) is 47.2 Å². The molecule has 0 saturated carbocycles. The third kappa shape index (κ3) is 5.40. The Morgan fingerprint density at radius 1 is 1.12 bits per heavy atom. The largest absolute Gasteiger partial charge is 0.385 e. The first kappa shape index (κ1) is 27.0. The number of aromatic nitrogens is 3. The summed E-state index contributed by atoms with van der Waals surface area (Å²) in [4.78, 5) is 12.6. The van der Waals surface area contributed by atoms with Crippen LogP contribution in [0.15, 0.2) is 59.8 Å². The number of morpholine rings is 1. The van der Waals surface area contributed by atoms with E-state index in [4.69, 9.17) is 37.9 Å². The summed E-state index contributed by atoms with van der Waals surface area (Å²) < 4.78 is 8.62. The quantitative estimate of drug-likeness (QED) is 0.165. The maximum atomic E-state index is 10.6. The molecule has 1 aliphatic heterocycles. The molecule has 2 aromatic carbocycles. The summed E-state index contributed by atoms with van der Waals surface area (Å²) in [5.74, 6) is 1.21. The van der Waals surface area contributed by atoms with Gasteiger partial charge < -0.3 is 19.3 Å². The maximum Gasteiger partial charge on any atom is 0.246 e. The van der Waals surface area contributed by atoms with Crippen LogP contribution in [0.25, 0.3) is 21.1 Å². The van der Waals surface area contributed by atoms with Gasteiger partial charge in [0.15, 0.2) is 5.82 Å². The molecule has 5 aromatic rings. The molecular formula is C29H28Cl2N6O2S. The summed E-state index contributed by atoms with van der Waals surface area (Å²) >= 11 is 14.2. The Hall–Kier alpha value is -3.21. The fraction of sp³-hybridized carbons (Fsp3) is 0.276. The summed E-state index contributed by atoms with van der Waals surface area (Å²) in [5.41, 5.74) is 5.78. The lowest BCUT2D eigenvalue weighted by Gasteiger charge is -2.28. The van der Waals surface area contributed by atoms with E-state index in [2.05, 4.69) is 32.1 Å². The fourth-order valence-corrected chi connectivity index (χ4v) is 6.27. The molecule has 206 valence electrons. The van der Waals surface area contributed by atoms with Crippen molar-refractivity contribution in [2.45, 2.75) is 26.0 Å². The Morgan fingerprint density at radius 2 is 1.93 bits per heavy atom. The number of ether oxygens (including phenoxy) is 1. The summed E-state index contributed by atoms with van der Waals surface area (Å²) in [7, 11) is 0. The van der Waals surface area contributed by atoms with Crippen LogP contribution < -0.4 is 10.3 Å². The van der Waals surface area contributed by atoms with Gasteiger partial charge in [0.05, 0.1) is 45.3 Å². The second kappa shape index (κ2) is 11.0. The third-order valence-electron chi connectivity index (χ3n) is 6.83. The standard InChI is InChI=1S/C29H28Cl2N6O2S/c1-29(2,38)24-14-22-26(40-24)27(36-10-12-39-13-11-36)34-28(33-22)35-32-15-19-17-37(23-9-4-3-7-20(19)23)16-18-6-5-8-21(30)25(18)31/h3-9,14-15,17,38H,10-13,16H2,1-2H3,(H,33,34,35)/b32-15+. The molecule has 0 atom stereocenters. The average Bonchev–Trinajstić information content (AvgIpc) is 3.54. The predicted molar refractivity (Wildman–Crippen MR) is 164 cm³/mol. The van der Waals surface area contributed by atoms with E-state index in [1.165, 1.54) is 11.3 Å². The zero-order valence-electron chi connectivity index (χ0n) is 22.1. The minimum absolute atomic E-state index is 0.389. The van der Waals surface area contributed by atoms with Crippen LogP contribution in [0.3, 0.4) is 0 Å². The lowest BCUT2D eigenvalue weighted by atomic mass is 10.1. The minimum Gasteiger partial charge on any atom is -0.385 e. The molecule has 3 aromatic heterocycles. The number of nitrogens with zero attached hydrogens (tertiary/aromatic N) is 5. The highest BCUT2D eigenvalue weighted by molar-refractivity contribution is 7.19. The molecule has 0 amide bonds. The van der Waals surface area contributed by atoms with E-state index in [0.717, 1.165) is 56.0 Å². The van der Waals surface area contributed by atoms with Crippen molar-refractivity contribution in [2.24, 2.45) is 5.10 Å². The first-order valence-electron chi connectivity index (χ1n) is 12.9. The van der Waals surface area contributed by atoms with Crippen LogP contribution in [0.1, 0.15) is 29.9 Å². The van der Waals surface area contributed by atoms with Crippen molar-refractivity contribution in [3.63, 3.8) is 0 Å². The summed E-state index contributed by atoms with van der Waals surface area (Å²) in [5, 5.41) is 17.3. The van der Waals surface area contributed by atoms with Gasteiger partial charge in [-0.3, -0.25) is 0 Å². The smallest absolute Gasteiger partial charge is 0.246 e. The van der Waals surface area contributed by atoms with E-state index in [-0.39, 0.29) is 0 Å². The van der Waals surface area contributed by atoms with Gasteiger partial charge in [-0.05, 0) is 37.6 Å². The third-order valence-corrected chi connectivity index (χ3v) is 9.12. The van der Waals surface area contributed by atoms with E-state index in [1.54, 1.807) is 26.1 Å². The van der Waals surface area contributed by atoms with Crippen molar-refractivity contribution in [3.05, 3.63) is 80.8 Å². The number of benzene rings is 2. The highest BCUT2D eigenvalue weighted by Gasteiger charge is 2.24. The van der Waals surface area contributed by atoms with Crippen molar-refractivity contribution in [1.82, 2.24) is 14.5 Å². The Bertz CT molecular complexity index is 1720. The topological polar surface area (TPSA) is 87.8 Å². The molecule has 1 saturated heterocycles. The molecule has 40 heavy (non-hydrogen) atoms. The number of rotatable bonds is 7.